The van der Waals surface area contributed by atoms with Gasteiger partial charge in [0.05, 0.1) is 35.9 Å². The van der Waals surface area contributed by atoms with E-state index in [-0.39, 0.29) is 42.6 Å². The molecule has 1 atom stereocenters. The van der Waals surface area contributed by atoms with Gasteiger partial charge in [-0.25, -0.2) is 4.98 Å². The van der Waals surface area contributed by atoms with Gasteiger partial charge in [0.15, 0.2) is 16.7 Å². The van der Waals surface area contributed by atoms with Crippen LogP contribution in [0.25, 0.3) is 10.9 Å². The monoisotopic (exact) mass is 554 g/mol. The number of hydrogen-bond acceptors (Lipinski definition) is 9. The number of hydrogen-bond donors (Lipinski definition) is 2. The van der Waals surface area contributed by atoms with Crippen LogP contribution in [0.4, 0.5) is 0 Å². The number of aromatic nitrogens is 2. The van der Waals surface area contributed by atoms with Crippen LogP contribution < -0.4 is 25.7 Å². The first-order valence-corrected chi connectivity index (χ1v) is 13.7. The molecule has 0 aliphatic carbocycles. The van der Waals surface area contributed by atoms with Gasteiger partial charge in [0.1, 0.15) is 0 Å². The van der Waals surface area contributed by atoms with Crippen LogP contribution in [-0.2, 0) is 20.8 Å². The molecule has 206 valence electrons. The van der Waals surface area contributed by atoms with E-state index in [1.807, 2.05) is 12.1 Å². The van der Waals surface area contributed by atoms with Crippen molar-refractivity contribution < 1.29 is 28.5 Å². The number of benzene rings is 2. The van der Waals surface area contributed by atoms with Gasteiger partial charge in [0.2, 0.25) is 12.7 Å². The van der Waals surface area contributed by atoms with Crippen molar-refractivity contribution in [1.29, 1.82) is 0 Å². The number of rotatable bonds is 11. The average molecular weight is 555 g/mol. The number of thioether (sulfide) groups is 1. The lowest BCUT2D eigenvalue weighted by Crippen LogP contribution is -2.33. The molecule has 1 saturated heterocycles. The molecule has 3 heterocycles. The van der Waals surface area contributed by atoms with Gasteiger partial charge in [-0.15, -0.1) is 0 Å². The molecule has 3 aromatic rings. The summed E-state index contributed by atoms with van der Waals surface area (Å²) in [5.41, 5.74) is 1.31. The third kappa shape index (κ3) is 6.52. The second-order valence-electron chi connectivity index (χ2n) is 9.18. The van der Waals surface area contributed by atoms with Gasteiger partial charge in [-0.3, -0.25) is 19.0 Å². The summed E-state index contributed by atoms with van der Waals surface area (Å²) < 4.78 is 23.0. The number of amides is 2. The quantitative estimate of drug-likeness (QED) is 0.207. The molecule has 39 heavy (non-hydrogen) atoms. The fraction of sp³-hybridized carbons (Fsp3) is 0.407. The molecule has 0 saturated carbocycles. The Bertz CT molecular complexity index is 1420. The van der Waals surface area contributed by atoms with Crippen molar-refractivity contribution in [2.75, 3.05) is 46.0 Å². The molecule has 2 aromatic carbocycles. The fourth-order valence-electron chi connectivity index (χ4n) is 4.40. The Kier molecular flexibility index (Phi) is 8.64. The van der Waals surface area contributed by atoms with Gasteiger partial charge < -0.3 is 29.6 Å². The summed E-state index contributed by atoms with van der Waals surface area (Å²) in [4.78, 5) is 43.5. The second kappa shape index (κ2) is 12.5. The standard InChI is InChI=1S/C27H30N4O7S/c1-35-10-8-28-25(33)18-5-6-20-21(12-18)30-27(39-15-24(32)29-13-19-3-2-9-36-19)31(26(20)34)14-17-4-7-22-23(11-17)38-16-37-22/h4-7,11-12,19H,2-3,8-10,13-16H2,1H3,(H,28,33)(H,29,32)/t19-/m1/s1. The summed E-state index contributed by atoms with van der Waals surface area (Å²) in [5, 5.41) is 6.41. The molecular formula is C27H30N4O7S. The maximum absolute atomic E-state index is 13.6. The molecule has 2 aliphatic rings. The Morgan fingerprint density at radius 2 is 2.03 bits per heavy atom. The highest BCUT2D eigenvalue weighted by Crippen LogP contribution is 2.33. The lowest BCUT2D eigenvalue weighted by atomic mass is 10.1. The summed E-state index contributed by atoms with van der Waals surface area (Å²) in [7, 11) is 1.56. The summed E-state index contributed by atoms with van der Waals surface area (Å²) in [6.45, 7) is 2.29. The third-order valence-corrected chi connectivity index (χ3v) is 7.41. The first kappa shape index (κ1) is 27.0. The highest BCUT2D eigenvalue weighted by atomic mass is 32.2. The summed E-state index contributed by atoms with van der Waals surface area (Å²) in [5.74, 6) is 0.870. The molecule has 2 N–H and O–H groups in total. The smallest absolute Gasteiger partial charge is 0.262 e. The molecule has 0 unspecified atom stereocenters. The number of methoxy groups -OCH3 is 1. The van der Waals surface area contributed by atoms with Crippen LogP contribution >= 0.6 is 11.8 Å². The largest absolute Gasteiger partial charge is 0.454 e. The van der Waals surface area contributed by atoms with E-state index in [1.54, 1.807) is 31.4 Å². The predicted molar refractivity (Wildman–Crippen MR) is 145 cm³/mol. The number of nitrogens with zero attached hydrogens (tertiary/aromatic N) is 2. The van der Waals surface area contributed by atoms with Crippen LogP contribution in [-0.4, -0.2) is 73.4 Å². The van der Waals surface area contributed by atoms with E-state index in [1.165, 1.54) is 16.3 Å². The second-order valence-corrected chi connectivity index (χ2v) is 10.1. The predicted octanol–water partition coefficient (Wildman–Crippen LogP) is 1.94. The number of fused-ring (bicyclic) bond motifs is 2. The van der Waals surface area contributed by atoms with Crippen molar-refractivity contribution in [2.24, 2.45) is 0 Å². The summed E-state index contributed by atoms with van der Waals surface area (Å²) in [6, 6.07) is 10.3. The van der Waals surface area contributed by atoms with Gasteiger partial charge in [-0.1, -0.05) is 17.8 Å². The van der Waals surface area contributed by atoms with Gasteiger partial charge in [-0.05, 0) is 48.7 Å². The molecule has 0 bridgehead atoms. The van der Waals surface area contributed by atoms with E-state index in [0.29, 0.717) is 52.8 Å². The Hall–Kier alpha value is -3.61. The zero-order valence-corrected chi connectivity index (χ0v) is 22.4. The molecule has 1 aromatic heterocycles. The topological polar surface area (TPSA) is 130 Å². The Morgan fingerprint density at radius 3 is 2.85 bits per heavy atom. The highest BCUT2D eigenvalue weighted by molar-refractivity contribution is 7.99. The Balaban J connectivity index is 1.41. The van der Waals surface area contributed by atoms with Crippen molar-refractivity contribution in [3.63, 3.8) is 0 Å². The number of ether oxygens (including phenoxy) is 4. The lowest BCUT2D eigenvalue weighted by molar-refractivity contribution is -0.119. The molecule has 11 nitrogen and oxygen atoms in total. The van der Waals surface area contributed by atoms with Crippen molar-refractivity contribution >= 4 is 34.5 Å². The van der Waals surface area contributed by atoms with E-state index in [4.69, 9.17) is 23.9 Å². The van der Waals surface area contributed by atoms with Crippen LogP contribution in [0.15, 0.2) is 46.3 Å². The summed E-state index contributed by atoms with van der Waals surface area (Å²) >= 11 is 1.17. The molecule has 5 rings (SSSR count). The van der Waals surface area contributed by atoms with Gasteiger partial charge in [-0.2, -0.15) is 0 Å². The normalized spacial score (nSPS) is 16.0. The molecule has 2 amide bonds. The molecule has 0 spiro atoms. The van der Waals surface area contributed by atoms with E-state index >= 15 is 0 Å². The lowest BCUT2D eigenvalue weighted by Gasteiger charge is -2.15. The molecule has 2 aliphatic heterocycles. The van der Waals surface area contributed by atoms with Crippen molar-refractivity contribution in [2.45, 2.75) is 30.6 Å². The highest BCUT2D eigenvalue weighted by Gasteiger charge is 2.19. The average Bonchev–Trinajstić information content (AvgIpc) is 3.64. The minimum absolute atomic E-state index is 0.0374. The van der Waals surface area contributed by atoms with Crippen molar-refractivity contribution in [3.05, 3.63) is 57.9 Å². The number of carbonyl (C=O) groups is 2. The van der Waals surface area contributed by atoms with E-state index in [2.05, 4.69) is 10.6 Å². The van der Waals surface area contributed by atoms with E-state index < -0.39 is 0 Å². The van der Waals surface area contributed by atoms with Gasteiger partial charge in [0.25, 0.3) is 11.5 Å². The van der Waals surface area contributed by atoms with Crippen molar-refractivity contribution in [3.8, 4) is 11.5 Å². The Labute approximate surface area is 229 Å². The van der Waals surface area contributed by atoms with Crippen LogP contribution in [0.2, 0.25) is 0 Å². The number of carbonyl (C=O) groups excluding carboxylic acids is 2. The van der Waals surface area contributed by atoms with Crippen molar-refractivity contribution in [1.82, 2.24) is 20.2 Å². The molecular weight excluding hydrogens is 524 g/mol. The fourth-order valence-corrected chi connectivity index (χ4v) is 5.22. The van der Waals surface area contributed by atoms with Crippen LogP contribution in [0.5, 0.6) is 11.5 Å². The minimum Gasteiger partial charge on any atom is -0.454 e. The summed E-state index contributed by atoms with van der Waals surface area (Å²) in [6.07, 6.45) is 1.96. The Morgan fingerprint density at radius 1 is 1.15 bits per heavy atom. The van der Waals surface area contributed by atoms with E-state index in [0.717, 1.165) is 25.0 Å². The minimum atomic E-state index is -0.289. The molecule has 0 radical (unpaired) electrons. The van der Waals surface area contributed by atoms with E-state index in [9.17, 15) is 14.4 Å². The first-order chi connectivity index (χ1) is 19.0. The maximum Gasteiger partial charge on any atom is 0.262 e. The zero-order valence-electron chi connectivity index (χ0n) is 21.6. The van der Waals surface area contributed by atoms with Gasteiger partial charge >= 0.3 is 0 Å². The SMILES string of the molecule is COCCNC(=O)c1ccc2c(=O)n(Cc3ccc4c(c3)OCO4)c(SCC(=O)NC[C@H]3CCCO3)nc2c1. The zero-order chi connectivity index (χ0) is 27.2. The molecule has 12 heteroatoms. The van der Waals surface area contributed by atoms with Gasteiger partial charge in [0, 0.05) is 32.4 Å². The maximum atomic E-state index is 13.6. The van der Waals surface area contributed by atoms with Crippen LogP contribution in [0.3, 0.4) is 0 Å². The van der Waals surface area contributed by atoms with Crippen LogP contribution in [0, 0.1) is 0 Å². The number of nitrogens with one attached hydrogen (secondary N) is 2. The van der Waals surface area contributed by atoms with Crippen LogP contribution in [0.1, 0.15) is 28.8 Å². The molecule has 1 fully saturated rings. The first-order valence-electron chi connectivity index (χ1n) is 12.7. The third-order valence-electron chi connectivity index (χ3n) is 6.44.